The molecule has 0 fully saturated rings. The highest BCUT2D eigenvalue weighted by Gasteiger charge is 2.01. The van der Waals surface area contributed by atoms with Crippen molar-refractivity contribution in [3.05, 3.63) is 42.7 Å². The van der Waals surface area contributed by atoms with E-state index in [1.54, 1.807) is 0 Å². The van der Waals surface area contributed by atoms with Gasteiger partial charge in [0.25, 0.3) is 0 Å². The normalized spacial score (nSPS) is 10.6. The number of rotatable bonds is 1. The number of hydrogen-bond acceptors (Lipinski definition) is 2. The van der Waals surface area contributed by atoms with Gasteiger partial charge in [0.15, 0.2) is 0 Å². The summed E-state index contributed by atoms with van der Waals surface area (Å²) in [5.41, 5.74) is 2.06. The van der Waals surface area contributed by atoms with Crippen LogP contribution in [0.2, 0.25) is 0 Å². The monoisotopic (exact) mass is 171 g/mol. The Hall–Kier alpha value is -1.44. The van der Waals surface area contributed by atoms with Crippen molar-refractivity contribution in [2.24, 2.45) is 0 Å². The molecule has 1 heterocycles. The molecule has 0 spiro atoms. The molecule has 1 aromatic carbocycles. The first kappa shape index (κ1) is 8.17. The number of hydrogen-bond donors (Lipinski definition) is 0. The molecule has 0 amide bonds. The van der Waals surface area contributed by atoms with Gasteiger partial charge in [0.2, 0.25) is 0 Å². The molecule has 1 aromatic heterocycles. The fourth-order valence-electron chi connectivity index (χ4n) is 1.46. The summed E-state index contributed by atoms with van der Waals surface area (Å²) in [5, 5.41) is 1.14. The van der Waals surface area contributed by atoms with E-state index in [1.807, 2.05) is 24.3 Å². The minimum Gasteiger partial charge on any atom is -0.237 e. The van der Waals surface area contributed by atoms with Crippen molar-refractivity contribution in [3.8, 4) is 0 Å². The molecule has 65 valence electrons. The third-order valence-electron chi connectivity index (χ3n) is 2.06. The van der Waals surface area contributed by atoms with E-state index in [-0.39, 0.29) is 0 Å². The molecule has 13 heavy (non-hydrogen) atoms. The van der Waals surface area contributed by atoms with E-state index in [2.05, 4.69) is 23.8 Å². The minimum absolute atomic E-state index is 0.607. The van der Waals surface area contributed by atoms with Gasteiger partial charge in [0, 0.05) is 12.3 Å². The summed E-state index contributed by atoms with van der Waals surface area (Å²) in [5.74, 6) is 0.607. The summed E-state index contributed by atoms with van der Waals surface area (Å²) < 4.78 is 0. The van der Waals surface area contributed by atoms with Crippen LogP contribution in [0.15, 0.2) is 24.3 Å². The van der Waals surface area contributed by atoms with Crippen molar-refractivity contribution in [2.45, 2.75) is 13.3 Å². The number of aryl methyl sites for hydroxylation is 1. The lowest BCUT2D eigenvalue weighted by Gasteiger charge is -2.03. The Bertz CT molecular complexity index is 435. The highest BCUT2D eigenvalue weighted by atomic mass is 14.9. The van der Waals surface area contributed by atoms with Crippen molar-refractivity contribution in [1.82, 2.24) is 9.97 Å². The van der Waals surface area contributed by atoms with Gasteiger partial charge in [0.05, 0.1) is 11.2 Å². The molecule has 0 aliphatic rings. The SMILES string of the molecule is [CH2]c1nc(CC)c2ccccc2n1. The molecular formula is C11H11N2. The third-order valence-corrected chi connectivity index (χ3v) is 2.06. The number of benzene rings is 1. The number of fused-ring (bicyclic) bond motifs is 1. The molecule has 0 saturated heterocycles. The molecule has 0 N–H and O–H groups in total. The average molecular weight is 171 g/mol. The molecule has 2 heteroatoms. The lowest BCUT2D eigenvalue weighted by atomic mass is 10.1. The summed E-state index contributed by atoms with van der Waals surface area (Å²) in [6.45, 7) is 5.85. The zero-order valence-corrected chi connectivity index (χ0v) is 7.62. The van der Waals surface area contributed by atoms with Crippen molar-refractivity contribution in [3.63, 3.8) is 0 Å². The first-order valence-corrected chi connectivity index (χ1v) is 4.39. The highest BCUT2D eigenvalue weighted by Crippen LogP contribution is 2.15. The van der Waals surface area contributed by atoms with Crippen molar-refractivity contribution < 1.29 is 0 Å². The Morgan fingerprint density at radius 2 is 2.00 bits per heavy atom. The summed E-state index contributed by atoms with van der Waals surface area (Å²) in [6.07, 6.45) is 0.922. The summed E-state index contributed by atoms with van der Waals surface area (Å²) >= 11 is 0. The molecule has 1 radical (unpaired) electrons. The zero-order chi connectivity index (χ0) is 9.26. The second-order valence-corrected chi connectivity index (χ2v) is 2.96. The van der Waals surface area contributed by atoms with Gasteiger partial charge in [-0.05, 0) is 12.5 Å². The second kappa shape index (κ2) is 3.13. The molecule has 2 rings (SSSR count). The van der Waals surface area contributed by atoms with Crippen molar-refractivity contribution in [2.75, 3.05) is 0 Å². The molecule has 0 aliphatic carbocycles. The minimum atomic E-state index is 0.607. The van der Waals surface area contributed by atoms with E-state index in [9.17, 15) is 0 Å². The predicted octanol–water partition coefficient (Wildman–Crippen LogP) is 2.37. The Morgan fingerprint density at radius 1 is 1.23 bits per heavy atom. The summed E-state index contributed by atoms with van der Waals surface area (Å²) in [4.78, 5) is 8.56. The number of nitrogens with zero attached hydrogens (tertiary/aromatic N) is 2. The van der Waals surface area contributed by atoms with E-state index in [0.717, 1.165) is 23.0 Å². The fourth-order valence-corrected chi connectivity index (χ4v) is 1.46. The van der Waals surface area contributed by atoms with E-state index < -0.39 is 0 Å². The van der Waals surface area contributed by atoms with Gasteiger partial charge >= 0.3 is 0 Å². The van der Waals surface area contributed by atoms with Crippen LogP contribution in [0.1, 0.15) is 18.4 Å². The maximum Gasteiger partial charge on any atom is 0.129 e. The quantitative estimate of drug-likeness (QED) is 0.658. The van der Waals surface area contributed by atoms with Crippen LogP contribution in [0.4, 0.5) is 0 Å². The van der Waals surface area contributed by atoms with Gasteiger partial charge in [-0.25, -0.2) is 9.97 Å². The Kier molecular flexibility index (Phi) is 1.97. The van der Waals surface area contributed by atoms with Crippen molar-refractivity contribution in [1.29, 1.82) is 0 Å². The molecule has 0 atom stereocenters. The maximum atomic E-state index is 4.30. The summed E-state index contributed by atoms with van der Waals surface area (Å²) in [6, 6.07) is 8.03. The lowest BCUT2D eigenvalue weighted by molar-refractivity contribution is 1.01. The molecule has 0 unspecified atom stereocenters. The van der Waals surface area contributed by atoms with Crippen LogP contribution < -0.4 is 0 Å². The Morgan fingerprint density at radius 3 is 2.77 bits per heavy atom. The number of para-hydroxylation sites is 1. The molecule has 2 nitrogen and oxygen atoms in total. The van der Waals surface area contributed by atoms with E-state index >= 15 is 0 Å². The Labute approximate surface area is 77.6 Å². The largest absolute Gasteiger partial charge is 0.237 e. The lowest BCUT2D eigenvalue weighted by Crippen LogP contribution is -1.95. The van der Waals surface area contributed by atoms with E-state index in [1.165, 1.54) is 0 Å². The van der Waals surface area contributed by atoms with Crippen LogP contribution in [0.5, 0.6) is 0 Å². The van der Waals surface area contributed by atoms with E-state index in [0.29, 0.717) is 5.82 Å². The molecule has 0 saturated carbocycles. The van der Waals surface area contributed by atoms with Gasteiger partial charge in [0.1, 0.15) is 5.82 Å². The van der Waals surface area contributed by atoms with Crippen molar-refractivity contribution >= 4 is 10.9 Å². The zero-order valence-electron chi connectivity index (χ0n) is 7.62. The van der Waals surface area contributed by atoms with Crippen LogP contribution in [-0.4, -0.2) is 9.97 Å². The molecule has 0 bridgehead atoms. The molecular weight excluding hydrogens is 160 g/mol. The van der Waals surface area contributed by atoms with E-state index in [4.69, 9.17) is 0 Å². The molecule has 2 aromatic rings. The van der Waals surface area contributed by atoms with Crippen LogP contribution in [-0.2, 0) is 6.42 Å². The third kappa shape index (κ3) is 1.39. The average Bonchev–Trinajstić information content (AvgIpc) is 2.16. The molecule has 0 aliphatic heterocycles. The van der Waals surface area contributed by atoms with Gasteiger partial charge < -0.3 is 0 Å². The first-order valence-electron chi connectivity index (χ1n) is 4.39. The Balaban J connectivity index is 2.81. The smallest absolute Gasteiger partial charge is 0.129 e. The fraction of sp³-hybridized carbons (Fsp3) is 0.182. The topological polar surface area (TPSA) is 25.8 Å². The maximum absolute atomic E-state index is 4.30. The van der Waals surface area contributed by atoms with Crippen LogP contribution >= 0.6 is 0 Å². The van der Waals surface area contributed by atoms with Gasteiger partial charge in [-0.1, -0.05) is 25.1 Å². The predicted molar refractivity (Wildman–Crippen MR) is 53.4 cm³/mol. The van der Waals surface area contributed by atoms with Crippen LogP contribution in [0.3, 0.4) is 0 Å². The van der Waals surface area contributed by atoms with Gasteiger partial charge in [-0.15, -0.1) is 0 Å². The summed E-state index contributed by atoms with van der Waals surface area (Å²) in [7, 11) is 0. The second-order valence-electron chi connectivity index (χ2n) is 2.96. The van der Waals surface area contributed by atoms with Crippen LogP contribution in [0, 0.1) is 6.92 Å². The van der Waals surface area contributed by atoms with Gasteiger partial charge in [-0.3, -0.25) is 0 Å². The standard InChI is InChI=1S/C11H11N2/c1-3-10-9-6-4-5-7-11(9)13-8(2)12-10/h4-7H,2-3H2,1H3. The highest BCUT2D eigenvalue weighted by molar-refractivity contribution is 5.80. The number of aromatic nitrogens is 2. The van der Waals surface area contributed by atoms with Gasteiger partial charge in [-0.2, -0.15) is 0 Å². The van der Waals surface area contributed by atoms with Crippen LogP contribution in [0.25, 0.3) is 10.9 Å². The first-order chi connectivity index (χ1) is 6.31.